The molecule has 2 amide bonds. The van der Waals surface area contributed by atoms with E-state index in [1.165, 1.54) is 15.6 Å². The summed E-state index contributed by atoms with van der Waals surface area (Å²) in [7, 11) is 3.47. The Kier molecular flexibility index (Phi) is 5.98. The third-order valence-electron chi connectivity index (χ3n) is 5.91. The van der Waals surface area contributed by atoms with Crippen LogP contribution >= 0.6 is 0 Å². The van der Waals surface area contributed by atoms with Crippen LogP contribution in [0, 0.1) is 0 Å². The molecule has 12 nitrogen and oxygen atoms in total. The molecular formula is C25H30N8O4. The lowest BCUT2D eigenvalue weighted by molar-refractivity contribution is 0.0587. The van der Waals surface area contributed by atoms with Crippen LogP contribution in [0.3, 0.4) is 0 Å². The quantitative estimate of drug-likeness (QED) is 0.402. The van der Waals surface area contributed by atoms with Gasteiger partial charge in [-0.3, -0.25) is 14.4 Å². The van der Waals surface area contributed by atoms with Gasteiger partial charge in [-0.2, -0.15) is 14.7 Å². The summed E-state index contributed by atoms with van der Waals surface area (Å²) in [6.07, 6.45) is 2.65. The van der Waals surface area contributed by atoms with Crippen molar-refractivity contribution in [3.8, 4) is 0 Å². The number of ether oxygens (including phenoxy) is 2. The minimum absolute atomic E-state index is 0.254. The van der Waals surface area contributed by atoms with Crippen LogP contribution in [0.4, 0.5) is 22.1 Å². The molecule has 1 atom stereocenters. The van der Waals surface area contributed by atoms with Gasteiger partial charge in [0, 0.05) is 31.6 Å². The van der Waals surface area contributed by atoms with E-state index < -0.39 is 11.7 Å². The molecule has 4 aromatic rings. The molecule has 1 aromatic carbocycles. The second kappa shape index (κ2) is 9.04. The number of amides is 2. The number of fused-ring (bicyclic) bond motifs is 5. The van der Waals surface area contributed by atoms with Crippen molar-refractivity contribution in [3.05, 3.63) is 41.7 Å². The Hall–Kier alpha value is -4.19. The average molecular weight is 507 g/mol. The fourth-order valence-corrected chi connectivity index (χ4v) is 4.16. The Labute approximate surface area is 213 Å². The van der Waals surface area contributed by atoms with Crippen molar-refractivity contribution in [1.82, 2.24) is 29.7 Å². The van der Waals surface area contributed by atoms with Crippen molar-refractivity contribution < 1.29 is 19.1 Å². The molecule has 0 radical (unpaired) electrons. The molecule has 2 N–H and O–H groups in total. The summed E-state index contributed by atoms with van der Waals surface area (Å²) in [5, 5.41) is 16.0. The van der Waals surface area contributed by atoms with Crippen LogP contribution in [-0.2, 0) is 23.1 Å². The fraction of sp³-hybridized carbons (Fsp3) is 0.400. The van der Waals surface area contributed by atoms with Crippen LogP contribution in [0.1, 0.15) is 43.6 Å². The number of hydrogen-bond acceptors (Lipinski definition) is 8. The summed E-state index contributed by atoms with van der Waals surface area (Å²) in [6, 6.07) is 5.44. The summed E-state index contributed by atoms with van der Waals surface area (Å²) in [5.41, 5.74) is 2.50. The lowest BCUT2D eigenvalue weighted by Crippen LogP contribution is -2.36. The summed E-state index contributed by atoms with van der Waals surface area (Å²) < 4.78 is 14.7. The Morgan fingerprint density at radius 1 is 1.22 bits per heavy atom. The number of aromatic nitrogens is 5. The average Bonchev–Trinajstić information content (AvgIpc) is 3.40. The van der Waals surface area contributed by atoms with Gasteiger partial charge in [0.15, 0.2) is 5.65 Å². The highest BCUT2D eigenvalue weighted by molar-refractivity contribution is 6.01. The van der Waals surface area contributed by atoms with Crippen molar-refractivity contribution >= 4 is 45.9 Å². The van der Waals surface area contributed by atoms with Gasteiger partial charge in [0.2, 0.25) is 0 Å². The first-order valence-corrected chi connectivity index (χ1v) is 12.0. The van der Waals surface area contributed by atoms with Crippen LogP contribution in [0.2, 0.25) is 0 Å². The molecule has 12 heteroatoms. The van der Waals surface area contributed by atoms with Gasteiger partial charge in [-0.1, -0.05) is 0 Å². The first kappa shape index (κ1) is 24.5. The molecule has 0 fully saturated rings. The van der Waals surface area contributed by atoms with Crippen LogP contribution in [-0.4, -0.2) is 61.7 Å². The molecule has 0 spiro atoms. The molecule has 1 aliphatic heterocycles. The number of benzene rings is 1. The van der Waals surface area contributed by atoms with E-state index in [9.17, 15) is 9.59 Å². The van der Waals surface area contributed by atoms with Gasteiger partial charge in [-0.15, -0.1) is 0 Å². The number of nitrogens with zero attached hydrogens (tertiary/aromatic N) is 6. The summed E-state index contributed by atoms with van der Waals surface area (Å²) in [6.45, 7) is 7.94. The van der Waals surface area contributed by atoms with Gasteiger partial charge >= 0.3 is 6.09 Å². The maximum atomic E-state index is 13.1. The van der Waals surface area contributed by atoms with E-state index in [1.54, 1.807) is 44.8 Å². The number of anilines is 3. The third-order valence-corrected chi connectivity index (χ3v) is 5.91. The highest BCUT2D eigenvalue weighted by Crippen LogP contribution is 2.30. The molecule has 194 valence electrons. The van der Waals surface area contributed by atoms with Crippen LogP contribution in [0.15, 0.2) is 30.6 Å². The molecule has 0 aliphatic carbocycles. The standard InChI is InChI=1S/C25H30N8O4/c1-14-12-36-13-15-7-18(16-10-26-32(6)19(16)8-15)29-20-9-21(31(5)24(35)37-25(2,3)4)33-22(30-20)17(11-27-33)23(34)28-14/h7-11,14H,12-13H2,1-6H3,(H,28,34)(H,29,30)/t14-/m1/s1. The molecule has 4 bridgehead atoms. The normalized spacial score (nSPS) is 16.4. The van der Waals surface area contributed by atoms with E-state index in [0.717, 1.165) is 22.2 Å². The Morgan fingerprint density at radius 2 is 2.00 bits per heavy atom. The third kappa shape index (κ3) is 4.79. The van der Waals surface area contributed by atoms with Gasteiger partial charge in [0.05, 0.1) is 36.8 Å². The largest absolute Gasteiger partial charge is 0.443 e. The van der Waals surface area contributed by atoms with Gasteiger partial charge in [0.1, 0.15) is 22.8 Å². The maximum absolute atomic E-state index is 13.1. The van der Waals surface area contributed by atoms with Gasteiger partial charge < -0.3 is 20.1 Å². The van der Waals surface area contributed by atoms with Crippen molar-refractivity contribution in [2.45, 2.75) is 45.9 Å². The minimum Gasteiger partial charge on any atom is -0.443 e. The van der Waals surface area contributed by atoms with E-state index in [-0.39, 0.29) is 23.2 Å². The van der Waals surface area contributed by atoms with Crippen molar-refractivity contribution in [3.63, 3.8) is 0 Å². The van der Waals surface area contributed by atoms with E-state index in [4.69, 9.17) is 14.5 Å². The van der Waals surface area contributed by atoms with Crippen LogP contribution < -0.4 is 15.5 Å². The highest BCUT2D eigenvalue weighted by atomic mass is 16.6. The zero-order chi connectivity index (χ0) is 26.5. The second-order valence-electron chi connectivity index (χ2n) is 10.2. The Morgan fingerprint density at radius 3 is 2.76 bits per heavy atom. The lowest BCUT2D eigenvalue weighted by Gasteiger charge is -2.25. The lowest BCUT2D eigenvalue weighted by atomic mass is 10.1. The van der Waals surface area contributed by atoms with Crippen LogP contribution in [0.5, 0.6) is 0 Å². The van der Waals surface area contributed by atoms with E-state index in [0.29, 0.717) is 24.8 Å². The summed E-state index contributed by atoms with van der Waals surface area (Å²) in [5.74, 6) is 0.454. The number of hydrogen-bond donors (Lipinski definition) is 2. The Balaban J connectivity index is 1.69. The number of carbonyl (C=O) groups excluding carboxylic acids is 2. The molecule has 1 aliphatic rings. The maximum Gasteiger partial charge on any atom is 0.415 e. The second-order valence-corrected chi connectivity index (χ2v) is 10.2. The minimum atomic E-state index is -0.688. The topological polar surface area (TPSA) is 128 Å². The molecule has 37 heavy (non-hydrogen) atoms. The number of nitrogens with one attached hydrogen (secondary N) is 2. The SMILES string of the molecule is C[C@@H]1COCc2cc(c3cnn(C)c3c2)Nc2cc(N(C)C(=O)OC(C)(C)C)n3ncc(c3n2)C(=O)N1. The molecule has 4 heterocycles. The van der Waals surface area contributed by atoms with Gasteiger partial charge in [0.25, 0.3) is 5.91 Å². The zero-order valence-electron chi connectivity index (χ0n) is 21.7. The van der Waals surface area contributed by atoms with Crippen molar-refractivity contribution in [1.29, 1.82) is 0 Å². The summed E-state index contributed by atoms with van der Waals surface area (Å²) in [4.78, 5) is 32.1. The molecule has 3 aromatic heterocycles. The Bertz CT molecular complexity index is 1520. The van der Waals surface area contributed by atoms with Gasteiger partial charge in [-0.05, 0) is 45.4 Å². The molecule has 0 unspecified atom stereocenters. The highest BCUT2D eigenvalue weighted by Gasteiger charge is 2.26. The molecule has 0 saturated carbocycles. The predicted octanol–water partition coefficient (Wildman–Crippen LogP) is 3.38. The zero-order valence-corrected chi connectivity index (χ0v) is 21.7. The predicted molar refractivity (Wildman–Crippen MR) is 138 cm³/mol. The first-order valence-electron chi connectivity index (χ1n) is 12.0. The monoisotopic (exact) mass is 506 g/mol. The smallest absolute Gasteiger partial charge is 0.415 e. The first-order chi connectivity index (χ1) is 17.5. The number of rotatable bonds is 1. The number of aryl methyl sites for hydroxylation is 1. The van der Waals surface area contributed by atoms with Crippen molar-refractivity contribution in [2.75, 3.05) is 23.9 Å². The van der Waals surface area contributed by atoms with Crippen molar-refractivity contribution in [2.24, 2.45) is 7.05 Å². The van der Waals surface area contributed by atoms with E-state index >= 15 is 0 Å². The molecule has 5 rings (SSSR count). The van der Waals surface area contributed by atoms with Crippen LogP contribution in [0.25, 0.3) is 16.6 Å². The number of carbonyl (C=O) groups is 2. The summed E-state index contributed by atoms with van der Waals surface area (Å²) >= 11 is 0. The fourth-order valence-electron chi connectivity index (χ4n) is 4.16. The van der Waals surface area contributed by atoms with E-state index in [2.05, 4.69) is 20.8 Å². The molecular weight excluding hydrogens is 476 g/mol. The van der Waals surface area contributed by atoms with Gasteiger partial charge in [-0.25, -0.2) is 9.78 Å². The molecule has 0 saturated heterocycles. The van der Waals surface area contributed by atoms with E-state index in [1.807, 2.05) is 26.1 Å².